The Kier molecular flexibility index (Phi) is 18.5. The van der Waals surface area contributed by atoms with Crippen molar-refractivity contribution < 1.29 is 34.3 Å². The van der Waals surface area contributed by atoms with Crippen molar-refractivity contribution in [3.63, 3.8) is 0 Å². The monoisotopic (exact) mass is 811 g/mol. The molecule has 0 bridgehead atoms. The van der Waals surface area contributed by atoms with Crippen LogP contribution in [0.3, 0.4) is 0 Å². The van der Waals surface area contributed by atoms with Crippen molar-refractivity contribution in [1.82, 2.24) is 0 Å². The lowest BCUT2D eigenvalue weighted by Crippen LogP contribution is -2.60. The van der Waals surface area contributed by atoms with Gasteiger partial charge in [-0.2, -0.15) is 0 Å². The standard InChI is InChI=1S/C51H86O7/c1-8-10-11-12-13-14-15-16-17-18-19-20-21-22-45(52)56-34-44-46(53)47(54)48(55)49(58-44)57-39-29-31-50(6)38(33-39)25-26-40-42-28-27-41(51(42,7)32-30-43(40)50)36(5)23-24-37(9-2)35(3)4/h23-24,26,36-39,41-44,46-49,53-55H,3,8-22,25,27-34H2,1-2,4-7H3/b24-23+/t36-,37-,38-,39+,41-,42+,43+,44-,46-,47+,48-,49-,50+,51-/m1/s1. The number of aliphatic hydroxyl groups excluding tert-OH is 3. The summed E-state index contributed by atoms with van der Waals surface area (Å²) in [4.78, 5) is 12.6. The summed E-state index contributed by atoms with van der Waals surface area (Å²) in [5.41, 5.74) is 3.57. The van der Waals surface area contributed by atoms with E-state index in [2.05, 4.69) is 66.3 Å². The topological polar surface area (TPSA) is 105 Å². The van der Waals surface area contributed by atoms with E-state index < -0.39 is 30.7 Å². The van der Waals surface area contributed by atoms with Crippen LogP contribution in [0.15, 0.2) is 36.0 Å². The Morgan fingerprint density at radius 2 is 1.47 bits per heavy atom. The zero-order chi connectivity index (χ0) is 41.9. The van der Waals surface area contributed by atoms with Crippen LogP contribution in [-0.4, -0.2) is 64.7 Å². The summed E-state index contributed by atoms with van der Waals surface area (Å²) in [6.07, 6.45) is 27.8. The zero-order valence-electron chi connectivity index (χ0n) is 37.8. The molecule has 7 nitrogen and oxygen atoms in total. The highest BCUT2D eigenvalue weighted by Gasteiger charge is 2.58. The molecule has 0 spiro atoms. The lowest BCUT2D eigenvalue weighted by atomic mass is 9.47. The van der Waals surface area contributed by atoms with Crippen LogP contribution in [0.1, 0.15) is 189 Å². The number of carbonyl (C=O) groups excluding carboxylic acids is 1. The first-order chi connectivity index (χ1) is 27.8. The minimum atomic E-state index is -1.44. The van der Waals surface area contributed by atoms with Crippen molar-refractivity contribution >= 4 is 5.97 Å². The molecule has 1 heterocycles. The van der Waals surface area contributed by atoms with Gasteiger partial charge in [0.1, 0.15) is 31.0 Å². The van der Waals surface area contributed by atoms with Gasteiger partial charge < -0.3 is 29.5 Å². The van der Waals surface area contributed by atoms with E-state index in [0.29, 0.717) is 47.3 Å². The van der Waals surface area contributed by atoms with E-state index in [4.69, 9.17) is 14.2 Å². The number of hydrogen-bond acceptors (Lipinski definition) is 7. The molecule has 0 aromatic carbocycles. The quantitative estimate of drug-likeness (QED) is 0.0536. The number of rotatable bonds is 23. The number of allylic oxidation sites excluding steroid dienone is 5. The molecule has 0 aromatic rings. The average molecular weight is 811 g/mol. The Labute approximate surface area is 354 Å². The number of fused-ring (bicyclic) bond motifs is 5. The SMILES string of the molecule is C=C(C)[C@@H](/C=C/[C@@H](C)[C@H]1CC[C@H]2C3=CC[C@@H]4C[C@@H](O[C@@H]5O[C@H](COC(=O)CCCCCCCCCCCCCCC)[C@@H](O)[C@H](O)[C@H]5O)CC[C@]4(C)[C@H]3CC[C@]12C)CC. The molecule has 14 atom stereocenters. The Balaban J connectivity index is 1.05. The van der Waals surface area contributed by atoms with Gasteiger partial charge in [0, 0.05) is 6.42 Å². The van der Waals surface area contributed by atoms with Gasteiger partial charge in [0.15, 0.2) is 6.29 Å². The Bertz CT molecular complexity index is 1340. The molecule has 4 aliphatic carbocycles. The van der Waals surface area contributed by atoms with Crippen molar-refractivity contribution in [3.05, 3.63) is 36.0 Å². The van der Waals surface area contributed by atoms with Gasteiger partial charge in [0.2, 0.25) is 0 Å². The second kappa shape index (κ2) is 22.5. The molecule has 58 heavy (non-hydrogen) atoms. The highest BCUT2D eigenvalue weighted by atomic mass is 16.7. The first kappa shape index (κ1) is 47.5. The third-order valence-corrected chi connectivity index (χ3v) is 16.3. The van der Waals surface area contributed by atoms with Gasteiger partial charge in [-0.15, -0.1) is 0 Å². The molecule has 3 saturated carbocycles. The van der Waals surface area contributed by atoms with Gasteiger partial charge in [0.05, 0.1) is 6.10 Å². The van der Waals surface area contributed by atoms with Gasteiger partial charge >= 0.3 is 5.97 Å². The highest BCUT2D eigenvalue weighted by molar-refractivity contribution is 5.69. The van der Waals surface area contributed by atoms with Gasteiger partial charge in [-0.1, -0.05) is 148 Å². The average Bonchev–Trinajstić information content (AvgIpc) is 3.56. The molecule has 0 unspecified atom stereocenters. The summed E-state index contributed by atoms with van der Waals surface area (Å²) in [6, 6.07) is 0. The molecule has 0 radical (unpaired) electrons. The Morgan fingerprint density at radius 3 is 2.10 bits per heavy atom. The van der Waals surface area contributed by atoms with Crippen molar-refractivity contribution in [2.24, 2.45) is 46.3 Å². The summed E-state index contributed by atoms with van der Waals surface area (Å²) < 4.78 is 18.0. The van der Waals surface area contributed by atoms with E-state index in [1.807, 2.05) is 0 Å². The maximum Gasteiger partial charge on any atom is 0.305 e. The fourth-order valence-corrected chi connectivity index (χ4v) is 12.5. The summed E-state index contributed by atoms with van der Waals surface area (Å²) in [5.74, 6) is 3.18. The third kappa shape index (κ3) is 11.7. The summed E-state index contributed by atoms with van der Waals surface area (Å²) >= 11 is 0. The molecule has 3 N–H and O–H groups in total. The number of unbranched alkanes of at least 4 members (excludes halogenated alkanes) is 12. The highest BCUT2D eigenvalue weighted by Crippen LogP contribution is 2.67. The van der Waals surface area contributed by atoms with Gasteiger partial charge in [-0.3, -0.25) is 4.79 Å². The summed E-state index contributed by atoms with van der Waals surface area (Å²) in [7, 11) is 0. The first-order valence-corrected chi connectivity index (χ1v) is 24.4. The molecule has 332 valence electrons. The minimum absolute atomic E-state index is 0.114. The van der Waals surface area contributed by atoms with E-state index in [1.54, 1.807) is 5.57 Å². The van der Waals surface area contributed by atoms with Gasteiger partial charge in [-0.25, -0.2) is 0 Å². The lowest BCUT2D eigenvalue weighted by Gasteiger charge is -2.58. The van der Waals surface area contributed by atoms with Crippen LogP contribution in [-0.2, 0) is 19.0 Å². The maximum absolute atomic E-state index is 12.6. The van der Waals surface area contributed by atoms with Gasteiger partial charge in [-0.05, 0) is 117 Å². The smallest absolute Gasteiger partial charge is 0.305 e. The van der Waals surface area contributed by atoms with E-state index in [0.717, 1.165) is 51.4 Å². The number of carbonyl (C=O) groups is 1. The van der Waals surface area contributed by atoms with E-state index in [-0.39, 0.29) is 24.1 Å². The number of ether oxygens (including phenoxy) is 3. The van der Waals surface area contributed by atoms with Crippen LogP contribution >= 0.6 is 0 Å². The second-order valence-corrected chi connectivity index (χ2v) is 20.3. The maximum atomic E-state index is 12.6. The number of aliphatic hydroxyl groups is 3. The molecule has 1 aliphatic heterocycles. The third-order valence-electron chi connectivity index (χ3n) is 16.3. The van der Waals surface area contributed by atoms with E-state index in [1.165, 1.54) is 95.5 Å². The lowest BCUT2D eigenvalue weighted by molar-refractivity contribution is -0.316. The predicted molar refractivity (Wildman–Crippen MR) is 235 cm³/mol. The summed E-state index contributed by atoms with van der Waals surface area (Å²) in [5, 5.41) is 32.5. The number of hydrogen-bond donors (Lipinski definition) is 3. The molecule has 5 rings (SSSR count). The van der Waals surface area contributed by atoms with E-state index >= 15 is 0 Å². The van der Waals surface area contributed by atoms with Crippen LogP contribution in [0.4, 0.5) is 0 Å². The fourth-order valence-electron chi connectivity index (χ4n) is 12.5. The molecular weight excluding hydrogens is 725 g/mol. The molecule has 0 aromatic heterocycles. The van der Waals surface area contributed by atoms with Crippen LogP contribution in [0.5, 0.6) is 0 Å². The molecule has 4 fully saturated rings. The van der Waals surface area contributed by atoms with Crippen LogP contribution in [0.2, 0.25) is 0 Å². The van der Waals surface area contributed by atoms with Crippen LogP contribution in [0, 0.1) is 46.3 Å². The summed E-state index contributed by atoms with van der Waals surface area (Å²) in [6.45, 7) is 18.3. The van der Waals surface area contributed by atoms with Crippen LogP contribution in [0.25, 0.3) is 0 Å². The largest absolute Gasteiger partial charge is 0.463 e. The molecule has 7 heteroatoms. The number of esters is 1. The van der Waals surface area contributed by atoms with Gasteiger partial charge in [0.25, 0.3) is 0 Å². The molecule has 0 amide bonds. The second-order valence-electron chi connectivity index (χ2n) is 20.3. The predicted octanol–water partition coefficient (Wildman–Crippen LogP) is 11.6. The molecular formula is C51H86O7. The normalized spacial score (nSPS) is 37.1. The Morgan fingerprint density at radius 1 is 0.845 bits per heavy atom. The fraction of sp³-hybridized carbons (Fsp3) is 0.863. The van der Waals surface area contributed by atoms with Crippen molar-refractivity contribution in [2.75, 3.05) is 6.61 Å². The minimum Gasteiger partial charge on any atom is -0.463 e. The first-order valence-electron chi connectivity index (χ1n) is 24.4. The zero-order valence-corrected chi connectivity index (χ0v) is 37.8. The van der Waals surface area contributed by atoms with Crippen molar-refractivity contribution in [1.29, 1.82) is 0 Å². The van der Waals surface area contributed by atoms with Crippen LogP contribution < -0.4 is 0 Å². The Hall–Kier alpha value is -1.51. The van der Waals surface area contributed by atoms with E-state index in [9.17, 15) is 20.1 Å². The van der Waals surface area contributed by atoms with Crippen molar-refractivity contribution in [3.8, 4) is 0 Å². The molecule has 5 aliphatic rings. The molecule has 1 saturated heterocycles. The van der Waals surface area contributed by atoms with Crippen molar-refractivity contribution in [2.45, 2.75) is 226 Å².